The SMILES string of the molecule is Brc1cccc(CCCCNC2CC2)c1. The number of hydrogen-bond acceptors (Lipinski definition) is 1. The second kappa shape index (κ2) is 5.66. The van der Waals surface area contributed by atoms with E-state index in [1.807, 2.05) is 0 Å². The molecule has 1 N–H and O–H groups in total. The van der Waals surface area contributed by atoms with Crippen molar-refractivity contribution in [3.8, 4) is 0 Å². The average molecular weight is 268 g/mol. The van der Waals surface area contributed by atoms with Crippen LogP contribution in [-0.4, -0.2) is 12.6 Å². The highest BCUT2D eigenvalue weighted by molar-refractivity contribution is 9.10. The number of unbranched alkanes of at least 4 members (excludes halogenated alkanes) is 1. The van der Waals surface area contributed by atoms with Gasteiger partial charge in [-0.3, -0.25) is 0 Å². The molecule has 0 atom stereocenters. The lowest BCUT2D eigenvalue weighted by Crippen LogP contribution is -2.17. The molecule has 0 aromatic heterocycles. The molecule has 1 nitrogen and oxygen atoms in total. The summed E-state index contributed by atoms with van der Waals surface area (Å²) < 4.78 is 1.19. The van der Waals surface area contributed by atoms with Crippen LogP contribution in [-0.2, 0) is 6.42 Å². The molecule has 15 heavy (non-hydrogen) atoms. The maximum Gasteiger partial charge on any atom is 0.0177 e. The van der Waals surface area contributed by atoms with Crippen molar-refractivity contribution in [3.05, 3.63) is 34.3 Å². The van der Waals surface area contributed by atoms with Crippen LogP contribution in [0.1, 0.15) is 31.2 Å². The monoisotopic (exact) mass is 267 g/mol. The van der Waals surface area contributed by atoms with Crippen molar-refractivity contribution in [3.63, 3.8) is 0 Å². The fraction of sp³-hybridized carbons (Fsp3) is 0.538. The Labute approximate surface area is 100 Å². The highest BCUT2D eigenvalue weighted by Crippen LogP contribution is 2.18. The molecule has 0 bridgehead atoms. The van der Waals surface area contributed by atoms with Crippen molar-refractivity contribution < 1.29 is 0 Å². The maximum atomic E-state index is 3.54. The molecule has 2 rings (SSSR count). The van der Waals surface area contributed by atoms with Gasteiger partial charge in [-0.25, -0.2) is 0 Å². The second-order valence-corrected chi connectivity index (χ2v) is 5.23. The Balaban J connectivity index is 1.60. The zero-order chi connectivity index (χ0) is 10.5. The van der Waals surface area contributed by atoms with E-state index >= 15 is 0 Å². The summed E-state index contributed by atoms with van der Waals surface area (Å²) in [5.74, 6) is 0. The third-order valence-corrected chi connectivity index (χ3v) is 3.28. The molecule has 1 saturated carbocycles. The number of nitrogens with one attached hydrogen (secondary N) is 1. The predicted molar refractivity (Wildman–Crippen MR) is 68.1 cm³/mol. The molecule has 0 aliphatic heterocycles. The van der Waals surface area contributed by atoms with Crippen molar-refractivity contribution in [2.45, 2.75) is 38.1 Å². The van der Waals surface area contributed by atoms with E-state index in [0.717, 1.165) is 6.04 Å². The predicted octanol–water partition coefficient (Wildman–Crippen LogP) is 3.52. The molecule has 0 saturated heterocycles. The van der Waals surface area contributed by atoms with Crippen molar-refractivity contribution >= 4 is 15.9 Å². The van der Waals surface area contributed by atoms with E-state index in [1.165, 1.54) is 48.7 Å². The first-order chi connectivity index (χ1) is 7.34. The van der Waals surface area contributed by atoms with Crippen molar-refractivity contribution in [2.75, 3.05) is 6.54 Å². The van der Waals surface area contributed by atoms with Crippen LogP contribution in [0.3, 0.4) is 0 Å². The molecular weight excluding hydrogens is 250 g/mol. The molecule has 0 heterocycles. The van der Waals surface area contributed by atoms with Gasteiger partial charge in [-0.2, -0.15) is 0 Å². The molecular formula is C13H18BrN. The standard InChI is InChI=1S/C13H18BrN/c14-12-6-3-5-11(10-12)4-1-2-9-15-13-7-8-13/h3,5-6,10,13,15H,1-2,4,7-9H2. The van der Waals surface area contributed by atoms with Gasteiger partial charge in [0, 0.05) is 10.5 Å². The van der Waals surface area contributed by atoms with Gasteiger partial charge in [0.15, 0.2) is 0 Å². The van der Waals surface area contributed by atoms with Crippen LogP contribution in [0.4, 0.5) is 0 Å². The quantitative estimate of drug-likeness (QED) is 0.778. The Morgan fingerprint density at radius 3 is 2.87 bits per heavy atom. The van der Waals surface area contributed by atoms with Crippen LogP contribution in [0, 0.1) is 0 Å². The molecule has 1 aliphatic rings. The van der Waals surface area contributed by atoms with Crippen LogP contribution in [0.2, 0.25) is 0 Å². The highest BCUT2D eigenvalue weighted by atomic mass is 79.9. The van der Waals surface area contributed by atoms with Crippen LogP contribution in [0.5, 0.6) is 0 Å². The number of rotatable bonds is 6. The summed E-state index contributed by atoms with van der Waals surface area (Å²) in [7, 11) is 0. The maximum absolute atomic E-state index is 3.54. The van der Waals surface area contributed by atoms with Gasteiger partial charge in [0.1, 0.15) is 0 Å². The molecule has 2 heteroatoms. The number of hydrogen-bond donors (Lipinski definition) is 1. The van der Waals surface area contributed by atoms with E-state index in [2.05, 4.69) is 45.5 Å². The van der Waals surface area contributed by atoms with Gasteiger partial charge in [-0.15, -0.1) is 0 Å². The lowest BCUT2D eigenvalue weighted by molar-refractivity contribution is 0.620. The lowest BCUT2D eigenvalue weighted by atomic mass is 10.1. The van der Waals surface area contributed by atoms with E-state index in [-0.39, 0.29) is 0 Å². The van der Waals surface area contributed by atoms with Gasteiger partial charge in [0.2, 0.25) is 0 Å². The van der Waals surface area contributed by atoms with Crippen LogP contribution in [0.25, 0.3) is 0 Å². The van der Waals surface area contributed by atoms with Gasteiger partial charge in [0.05, 0.1) is 0 Å². The highest BCUT2D eigenvalue weighted by Gasteiger charge is 2.19. The van der Waals surface area contributed by atoms with Gasteiger partial charge in [0.25, 0.3) is 0 Å². The molecule has 0 unspecified atom stereocenters. The van der Waals surface area contributed by atoms with E-state index in [1.54, 1.807) is 0 Å². The minimum atomic E-state index is 0.857. The molecule has 1 aliphatic carbocycles. The summed E-state index contributed by atoms with van der Waals surface area (Å²) in [6.45, 7) is 1.19. The van der Waals surface area contributed by atoms with Crippen molar-refractivity contribution in [2.24, 2.45) is 0 Å². The first-order valence-electron chi connectivity index (χ1n) is 5.82. The van der Waals surface area contributed by atoms with Crippen LogP contribution < -0.4 is 5.32 Å². The Morgan fingerprint density at radius 1 is 1.27 bits per heavy atom. The third kappa shape index (κ3) is 4.35. The first kappa shape index (κ1) is 11.2. The smallest absolute Gasteiger partial charge is 0.0177 e. The second-order valence-electron chi connectivity index (χ2n) is 4.32. The molecule has 82 valence electrons. The van der Waals surface area contributed by atoms with Crippen LogP contribution in [0.15, 0.2) is 28.7 Å². The van der Waals surface area contributed by atoms with Gasteiger partial charge < -0.3 is 5.32 Å². The molecule has 1 fully saturated rings. The minimum absolute atomic E-state index is 0.857. The number of benzene rings is 1. The normalized spacial score (nSPS) is 15.5. The minimum Gasteiger partial charge on any atom is -0.314 e. The molecule has 1 aromatic carbocycles. The Morgan fingerprint density at radius 2 is 2.13 bits per heavy atom. The molecule has 1 aromatic rings. The first-order valence-corrected chi connectivity index (χ1v) is 6.62. The third-order valence-electron chi connectivity index (χ3n) is 2.79. The van der Waals surface area contributed by atoms with Gasteiger partial charge >= 0.3 is 0 Å². The van der Waals surface area contributed by atoms with Gasteiger partial charge in [-0.1, -0.05) is 28.1 Å². The van der Waals surface area contributed by atoms with E-state index < -0.39 is 0 Å². The lowest BCUT2D eigenvalue weighted by Gasteiger charge is -2.03. The average Bonchev–Trinajstić information content (AvgIpc) is 3.01. The zero-order valence-electron chi connectivity index (χ0n) is 9.01. The molecule has 0 radical (unpaired) electrons. The van der Waals surface area contributed by atoms with E-state index in [4.69, 9.17) is 0 Å². The summed E-state index contributed by atoms with van der Waals surface area (Å²) in [5, 5.41) is 3.54. The number of aryl methyl sites for hydroxylation is 1. The summed E-state index contributed by atoms with van der Waals surface area (Å²) in [4.78, 5) is 0. The van der Waals surface area contributed by atoms with E-state index in [9.17, 15) is 0 Å². The summed E-state index contributed by atoms with van der Waals surface area (Å²) in [5.41, 5.74) is 1.44. The summed E-state index contributed by atoms with van der Waals surface area (Å²) in [6, 6.07) is 9.48. The van der Waals surface area contributed by atoms with Gasteiger partial charge in [-0.05, 0) is 56.3 Å². The topological polar surface area (TPSA) is 12.0 Å². The fourth-order valence-corrected chi connectivity index (χ4v) is 2.19. The van der Waals surface area contributed by atoms with Crippen molar-refractivity contribution in [1.82, 2.24) is 5.32 Å². The summed E-state index contributed by atoms with van der Waals surface area (Å²) >= 11 is 3.50. The Bertz CT molecular complexity index is 307. The van der Waals surface area contributed by atoms with E-state index in [0.29, 0.717) is 0 Å². The summed E-state index contributed by atoms with van der Waals surface area (Å²) in [6.07, 6.45) is 6.57. The van der Waals surface area contributed by atoms with Crippen LogP contribution >= 0.6 is 15.9 Å². The Kier molecular flexibility index (Phi) is 4.21. The zero-order valence-corrected chi connectivity index (χ0v) is 10.6. The fourth-order valence-electron chi connectivity index (χ4n) is 1.74. The largest absolute Gasteiger partial charge is 0.314 e. The Hall–Kier alpha value is -0.340. The number of halogens is 1. The molecule has 0 amide bonds. The molecule has 0 spiro atoms. The van der Waals surface area contributed by atoms with Crippen molar-refractivity contribution in [1.29, 1.82) is 0 Å².